The van der Waals surface area contributed by atoms with Gasteiger partial charge in [-0.05, 0) is 20.3 Å². The molecule has 5 nitrogen and oxygen atoms in total. The van der Waals surface area contributed by atoms with Gasteiger partial charge >= 0.3 is 6.09 Å². The van der Waals surface area contributed by atoms with Crippen molar-refractivity contribution in [3.05, 3.63) is 0 Å². The standard InChI is InChI=1S/C11H18F2N2O3/c1-9(2,15-8(17)18)4-10(7(16)14-3)5-11(12,13)6-10/h15H,4-6H2,1-3H3,(H,14,16)(H,17,18). The lowest BCUT2D eigenvalue weighted by Gasteiger charge is -2.48. The van der Waals surface area contributed by atoms with E-state index in [9.17, 15) is 18.4 Å². The minimum atomic E-state index is -2.84. The summed E-state index contributed by atoms with van der Waals surface area (Å²) in [4.78, 5) is 22.4. The van der Waals surface area contributed by atoms with Gasteiger partial charge in [-0.2, -0.15) is 0 Å². The first-order valence-electron chi connectivity index (χ1n) is 5.63. The van der Waals surface area contributed by atoms with Crippen molar-refractivity contribution < 1.29 is 23.5 Å². The van der Waals surface area contributed by atoms with E-state index in [2.05, 4.69) is 10.6 Å². The summed E-state index contributed by atoms with van der Waals surface area (Å²) in [6.07, 6.45) is -2.27. The van der Waals surface area contributed by atoms with Crippen LogP contribution in [0.5, 0.6) is 0 Å². The van der Waals surface area contributed by atoms with E-state index in [-0.39, 0.29) is 6.42 Å². The Balaban J connectivity index is 2.82. The highest BCUT2D eigenvalue weighted by Crippen LogP contribution is 2.55. The Morgan fingerprint density at radius 3 is 2.17 bits per heavy atom. The number of carboxylic acid groups (broad SMARTS) is 1. The molecule has 1 aliphatic carbocycles. The van der Waals surface area contributed by atoms with Crippen molar-refractivity contribution in [2.45, 2.75) is 44.6 Å². The average molecular weight is 264 g/mol. The highest BCUT2D eigenvalue weighted by atomic mass is 19.3. The first kappa shape index (κ1) is 14.7. The lowest BCUT2D eigenvalue weighted by molar-refractivity contribution is -0.183. The Bertz CT molecular complexity index is 361. The first-order chi connectivity index (χ1) is 8.02. The molecule has 3 N–H and O–H groups in total. The topological polar surface area (TPSA) is 78.4 Å². The van der Waals surface area contributed by atoms with E-state index in [1.807, 2.05) is 0 Å². The zero-order valence-electron chi connectivity index (χ0n) is 10.6. The third-order valence-corrected chi connectivity index (χ3v) is 3.13. The van der Waals surface area contributed by atoms with Gasteiger partial charge in [-0.15, -0.1) is 0 Å². The van der Waals surface area contributed by atoms with Crippen LogP contribution >= 0.6 is 0 Å². The van der Waals surface area contributed by atoms with E-state index in [1.165, 1.54) is 7.05 Å². The molecule has 0 radical (unpaired) electrons. The van der Waals surface area contributed by atoms with Crippen LogP contribution in [0.15, 0.2) is 0 Å². The van der Waals surface area contributed by atoms with E-state index in [0.717, 1.165) is 0 Å². The van der Waals surface area contributed by atoms with Gasteiger partial charge in [0.15, 0.2) is 0 Å². The third kappa shape index (κ3) is 3.08. The zero-order chi connectivity index (χ0) is 14.2. The molecule has 104 valence electrons. The minimum Gasteiger partial charge on any atom is -0.465 e. The molecule has 1 saturated carbocycles. The van der Waals surface area contributed by atoms with Crippen molar-refractivity contribution >= 4 is 12.0 Å². The van der Waals surface area contributed by atoms with Crippen LogP contribution in [0.25, 0.3) is 0 Å². The van der Waals surface area contributed by atoms with E-state index in [1.54, 1.807) is 13.8 Å². The average Bonchev–Trinajstić information content (AvgIpc) is 2.09. The number of carbonyl (C=O) groups excluding carboxylic acids is 1. The molecule has 0 atom stereocenters. The molecule has 0 aliphatic heterocycles. The number of rotatable bonds is 4. The van der Waals surface area contributed by atoms with Crippen molar-refractivity contribution in [3.8, 4) is 0 Å². The molecule has 0 bridgehead atoms. The first-order valence-corrected chi connectivity index (χ1v) is 5.63. The van der Waals surface area contributed by atoms with Crippen LogP contribution in [0.2, 0.25) is 0 Å². The van der Waals surface area contributed by atoms with Gasteiger partial charge in [0.25, 0.3) is 0 Å². The van der Waals surface area contributed by atoms with Crippen LogP contribution in [-0.2, 0) is 4.79 Å². The normalized spacial score (nSPS) is 20.7. The number of alkyl halides is 2. The smallest absolute Gasteiger partial charge is 0.405 e. The fourth-order valence-electron chi connectivity index (χ4n) is 2.75. The second-order valence-electron chi connectivity index (χ2n) is 5.56. The number of hydrogen-bond donors (Lipinski definition) is 3. The molecular weight excluding hydrogens is 246 g/mol. The fourth-order valence-corrected chi connectivity index (χ4v) is 2.75. The van der Waals surface area contributed by atoms with E-state index < -0.39 is 41.7 Å². The predicted molar refractivity (Wildman–Crippen MR) is 60.5 cm³/mol. The second-order valence-corrected chi connectivity index (χ2v) is 5.56. The summed E-state index contributed by atoms with van der Waals surface area (Å²) in [6, 6.07) is 0. The molecule has 1 fully saturated rings. The number of halogens is 2. The number of hydrogen-bond acceptors (Lipinski definition) is 2. The van der Waals surface area contributed by atoms with Crippen molar-refractivity contribution in [3.63, 3.8) is 0 Å². The predicted octanol–water partition coefficient (Wildman–Crippen LogP) is 1.58. The molecule has 7 heteroatoms. The van der Waals surface area contributed by atoms with Gasteiger partial charge in [0.2, 0.25) is 11.8 Å². The summed E-state index contributed by atoms with van der Waals surface area (Å²) in [7, 11) is 1.39. The van der Waals surface area contributed by atoms with Crippen molar-refractivity contribution in [1.29, 1.82) is 0 Å². The van der Waals surface area contributed by atoms with E-state index in [4.69, 9.17) is 5.11 Å². The van der Waals surface area contributed by atoms with Crippen molar-refractivity contribution in [2.24, 2.45) is 5.41 Å². The molecule has 0 aromatic carbocycles. The Morgan fingerprint density at radius 2 is 1.83 bits per heavy atom. The molecule has 0 aromatic rings. The van der Waals surface area contributed by atoms with Crippen LogP contribution in [0, 0.1) is 5.41 Å². The van der Waals surface area contributed by atoms with Gasteiger partial charge in [-0.3, -0.25) is 4.79 Å². The highest BCUT2D eigenvalue weighted by Gasteiger charge is 2.61. The lowest BCUT2D eigenvalue weighted by atomic mass is 9.60. The zero-order valence-corrected chi connectivity index (χ0v) is 10.6. The second kappa shape index (κ2) is 4.37. The molecular formula is C11H18F2N2O3. The Morgan fingerprint density at radius 1 is 1.33 bits per heavy atom. The van der Waals surface area contributed by atoms with E-state index >= 15 is 0 Å². The maximum atomic E-state index is 13.1. The Labute approximate surface area is 104 Å². The molecule has 18 heavy (non-hydrogen) atoms. The van der Waals surface area contributed by atoms with Gasteiger partial charge < -0.3 is 15.7 Å². The van der Waals surface area contributed by atoms with Gasteiger partial charge in [0, 0.05) is 25.4 Å². The maximum absolute atomic E-state index is 13.1. The largest absolute Gasteiger partial charge is 0.465 e. The molecule has 0 spiro atoms. The summed E-state index contributed by atoms with van der Waals surface area (Å²) in [5.74, 6) is -3.31. The van der Waals surface area contributed by atoms with Gasteiger partial charge in [-0.25, -0.2) is 13.6 Å². The Hall–Kier alpha value is -1.40. The van der Waals surface area contributed by atoms with Crippen LogP contribution in [0.4, 0.5) is 13.6 Å². The third-order valence-electron chi connectivity index (χ3n) is 3.13. The SMILES string of the molecule is CNC(=O)C1(CC(C)(C)NC(=O)O)CC(F)(F)C1. The summed E-state index contributed by atoms with van der Waals surface area (Å²) in [5.41, 5.74) is -2.13. The van der Waals surface area contributed by atoms with Crippen molar-refractivity contribution in [2.75, 3.05) is 7.05 Å². The van der Waals surface area contributed by atoms with E-state index in [0.29, 0.717) is 0 Å². The summed E-state index contributed by atoms with van der Waals surface area (Å²) in [5, 5.41) is 13.3. The van der Waals surface area contributed by atoms with Crippen LogP contribution in [-0.4, -0.2) is 35.6 Å². The van der Waals surface area contributed by atoms with Gasteiger partial charge in [-0.1, -0.05) is 0 Å². The molecule has 1 rings (SSSR count). The quantitative estimate of drug-likeness (QED) is 0.721. The molecule has 2 amide bonds. The maximum Gasteiger partial charge on any atom is 0.405 e. The lowest BCUT2D eigenvalue weighted by Crippen LogP contribution is -2.59. The summed E-state index contributed by atoms with van der Waals surface area (Å²) < 4.78 is 26.1. The fraction of sp³-hybridized carbons (Fsp3) is 0.818. The van der Waals surface area contributed by atoms with Gasteiger partial charge in [0.05, 0.1) is 5.41 Å². The molecule has 0 aromatic heterocycles. The number of amides is 2. The number of nitrogens with one attached hydrogen (secondary N) is 2. The molecule has 0 saturated heterocycles. The molecule has 0 heterocycles. The minimum absolute atomic E-state index is 0.0432. The monoisotopic (exact) mass is 264 g/mol. The number of carbonyl (C=O) groups is 2. The van der Waals surface area contributed by atoms with Crippen LogP contribution in [0.3, 0.4) is 0 Å². The van der Waals surface area contributed by atoms with Crippen LogP contribution < -0.4 is 10.6 Å². The summed E-state index contributed by atoms with van der Waals surface area (Å²) >= 11 is 0. The van der Waals surface area contributed by atoms with Gasteiger partial charge in [0.1, 0.15) is 0 Å². The molecule has 0 unspecified atom stereocenters. The van der Waals surface area contributed by atoms with Crippen molar-refractivity contribution in [1.82, 2.24) is 10.6 Å². The summed E-state index contributed by atoms with van der Waals surface area (Å²) in [6.45, 7) is 3.14. The molecule has 1 aliphatic rings. The Kier molecular flexibility index (Phi) is 3.56. The van der Waals surface area contributed by atoms with Crippen LogP contribution in [0.1, 0.15) is 33.1 Å². The highest BCUT2D eigenvalue weighted by molar-refractivity contribution is 5.84.